The van der Waals surface area contributed by atoms with E-state index < -0.39 is 0 Å². The van der Waals surface area contributed by atoms with Gasteiger partial charge in [-0.2, -0.15) is 0 Å². The molecule has 2 rings (SSSR count). The molecule has 1 heterocycles. The Labute approximate surface area is 135 Å². The van der Waals surface area contributed by atoms with Crippen LogP contribution in [0, 0.1) is 0 Å². The van der Waals surface area contributed by atoms with Gasteiger partial charge >= 0.3 is 0 Å². The second-order valence-corrected chi connectivity index (χ2v) is 5.47. The second kappa shape index (κ2) is 7.21. The molecule has 21 heavy (non-hydrogen) atoms. The summed E-state index contributed by atoms with van der Waals surface area (Å²) in [7, 11) is 1.57. The van der Waals surface area contributed by atoms with E-state index in [0.29, 0.717) is 15.8 Å². The Balaban J connectivity index is 2.50. The lowest BCUT2D eigenvalue weighted by molar-refractivity contribution is 0.414. The van der Waals surface area contributed by atoms with Crippen LogP contribution in [0.15, 0.2) is 28.9 Å². The van der Waals surface area contributed by atoms with Crippen molar-refractivity contribution in [1.82, 2.24) is 5.32 Å². The lowest BCUT2D eigenvalue weighted by Crippen LogP contribution is -2.23. The van der Waals surface area contributed by atoms with Gasteiger partial charge in [-0.05, 0) is 24.2 Å². The number of hydrogen-bond donors (Lipinski definition) is 1. The number of halogens is 2. The minimum atomic E-state index is -0.0559. The van der Waals surface area contributed by atoms with Gasteiger partial charge in [-0.25, -0.2) is 0 Å². The third-order valence-corrected chi connectivity index (χ3v) is 4.03. The molecular formula is C16H19Cl2NO2. The van der Waals surface area contributed by atoms with Crippen LogP contribution in [0.3, 0.4) is 0 Å². The molecule has 2 aromatic rings. The maximum absolute atomic E-state index is 6.41. The first-order valence-electron chi connectivity index (χ1n) is 6.94. The van der Waals surface area contributed by atoms with E-state index in [1.165, 1.54) is 0 Å². The number of methoxy groups -OCH3 is 1. The average Bonchev–Trinajstić information content (AvgIpc) is 2.95. The van der Waals surface area contributed by atoms with E-state index >= 15 is 0 Å². The fraction of sp³-hybridized carbons (Fsp3) is 0.375. The third-order valence-electron chi connectivity index (χ3n) is 3.40. The van der Waals surface area contributed by atoms with Crippen LogP contribution in [0.4, 0.5) is 0 Å². The normalized spacial score (nSPS) is 12.4. The Hall–Kier alpha value is -1.16. The number of aryl methyl sites for hydroxylation is 1. The van der Waals surface area contributed by atoms with Crippen molar-refractivity contribution in [2.75, 3.05) is 13.7 Å². The van der Waals surface area contributed by atoms with E-state index in [4.69, 9.17) is 32.4 Å². The van der Waals surface area contributed by atoms with E-state index in [2.05, 4.69) is 19.2 Å². The van der Waals surface area contributed by atoms with Gasteiger partial charge in [-0.3, -0.25) is 0 Å². The molecule has 0 spiro atoms. The molecule has 0 amide bonds. The summed E-state index contributed by atoms with van der Waals surface area (Å²) in [4.78, 5) is 0. The summed E-state index contributed by atoms with van der Waals surface area (Å²) in [6.45, 7) is 4.92. The van der Waals surface area contributed by atoms with Gasteiger partial charge in [0, 0.05) is 23.1 Å². The van der Waals surface area contributed by atoms with Crippen LogP contribution in [-0.4, -0.2) is 13.7 Å². The average molecular weight is 328 g/mol. The maximum atomic E-state index is 6.41. The van der Waals surface area contributed by atoms with E-state index in [1.54, 1.807) is 19.4 Å². The first kappa shape index (κ1) is 16.2. The SMILES string of the molecule is CCNC(c1cc(Cl)c(OC)cc1Cl)c1ccoc1CC. The zero-order valence-corrected chi connectivity index (χ0v) is 13.9. The zero-order chi connectivity index (χ0) is 15.4. The smallest absolute Gasteiger partial charge is 0.138 e. The van der Waals surface area contributed by atoms with Gasteiger partial charge < -0.3 is 14.5 Å². The van der Waals surface area contributed by atoms with Crippen molar-refractivity contribution in [2.24, 2.45) is 0 Å². The number of hydrogen-bond acceptors (Lipinski definition) is 3. The molecule has 0 aliphatic rings. The number of furan rings is 1. The lowest BCUT2D eigenvalue weighted by atomic mass is 9.98. The molecule has 0 bridgehead atoms. The van der Waals surface area contributed by atoms with Gasteiger partial charge in [0.05, 0.1) is 24.4 Å². The first-order valence-corrected chi connectivity index (χ1v) is 7.70. The topological polar surface area (TPSA) is 34.4 Å². The summed E-state index contributed by atoms with van der Waals surface area (Å²) in [5.41, 5.74) is 2.00. The summed E-state index contributed by atoms with van der Waals surface area (Å²) in [5, 5.41) is 4.60. The van der Waals surface area contributed by atoms with Crippen molar-refractivity contribution in [3.8, 4) is 5.75 Å². The molecule has 1 atom stereocenters. The summed E-state index contributed by atoms with van der Waals surface area (Å²) in [5.74, 6) is 1.52. The number of ether oxygens (including phenoxy) is 1. The number of nitrogens with one attached hydrogen (secondary N) is 1. The van der Waals surface area contributed by atoms with Gasteiger partial charge in [0.1, 0.15) is 11.5 Å². The molecule has 0 radical (unpaired) electrons. The number of benzene rings is 1. The van der Waals surface area contributed by atoms with Crippen LogP contribution in [-0.2, 0) is 6.42 Å². The summed E-state index contributed by atoms with van der Waals surface area (Å²) in [6, 6.07) is 5.51. The minimum absolute atomic E-state index is 0.0559. The van der Waals surface area contributed by atoms with Crippen LogP contribution in [0.25, 0.3) is 0 Å². The summed E-state index contributed by atoms with van der Waals surface area (Å²) < 4.78 is 10.7. The highest BCUT2D eigenvalue weighted by Crippen LogP contribution is 2.37. The van der Waals surface area contributed by atoms with Gasteiger partial charge in [0.2, 0.25) is 0 Å². The van der Waals surface area contributed by atoms with Crippen molar-refractivity contribution >= 4 is 23.2 Å². The predicted octanol–water partition coefficient (Wildman–Crippen LogP) is 4.86. The standard InChI is InChI=1S/C16H19Cl2NO2/c1-4-14-10(6-7-21-14)16(19-5-2)11-8-13(18)15(20-3)9-12(11)17/h6-9,16,19H,4-5H2,1-3H3. The number of rotatable bonds is 6. The molecule has 114 valence electrons. The van der Waals surface area contributed by atoms with Crippen molar-refractivity contribution in [2.45, 2.75) is 26.3 Å². The predicted molar refractivity (Wildman–Crippen MR) is 86.6 cm³/mol. The van der Waals surface area contributed by atoms with Gasteiger partial charge in [-0.1, -0.05) is 37.0 Å². The quantitative estimate of drug-likeness (QED) is 0.822. The van der Waals surface area contributed by atoms with Crippen LogP contribution in [0.2, 0.25) is 10.0 Å². The molecule has 1 N–H and O–H groups in total. The van der Waals surface area contributed by atoms with Crippen LogP contribution >= 0.6 is 23.2 Å². The van der Waals surface area contributed by atoms with Crippen molar-refractivity contribution < 1.29 is 9.15 Å². The van der Waals surface area contributed by atoms with Gasteiger partial charge in [0.15, 0.2) is 0 Å². The van der Waals surface area contributed by atoms with Crippen LogP contribution in [0.5, 0.6) is 5.75 Å². The first-order chi connectivity index (χ1) is 10.1. The Morgan fingerprint density at radius 1 is 1.19 bits per heavy atom. The Kier molecular flexibility index (Phi) is 5.57. The Bertz CT molecular complexity index is 610. The van der Waals surface area contributed by atoms with Gasteiger partial charge in [-0.15, -0.1) is 0 Å². The van der Waals surface area contributed by atoms with Crippen molar-refractivity contribution in [3.05, 3.63) is 51.4 Å². The van der Waals surface area contributed by atoms with Crippen LogP contribution in [0.1, 0.15) is 36.8 Å². The van der Waals surface area contributed by atoms with E-state index in [0.717, 1.165) is 29.9 Å². The zero-order valence-electron chi connectivity index (χ0n) is 12.4. The fourth-order valence-electron chi connectivity index (χ4n) is 2.41. The second-order valence-electron chi connectivity index (χ2n) is 4.65. The fourth-order valence-corrected chi connectivity index (χ4v) is 2.92. The van der Waals surface area contributed by atoms with Gasteiger partial charge in [0.25, 0.3) is 0 Å². The maximum Gasteiger partial charge on any atom is 0.138 e. The monoisotopic (exact) mass is 327 g/mol. The minimum Gasteiger partial charge on any atom is -0.495 e. The van der Waals surface area contributed by atoms with E-state index in [1.807, 2.05) is 12.1 Å². The Morgan fingerprint density at radius 3 is 2.57 bits per heavy atom. The molecule has 0 aliphatic carbocycles. The molecule has 0 saturated heterocycles. The highest BCUT2D eigenvalue weighted by Gasteiger charge is 2.22. The Morgan fingerprint density at radius 2 is 1.95 bits per heavy atom. The highest BCUT2D eigenvalue weighted by molar-refractivity contribution is 6.34. The molecule has 1 aromatic heterocycles. The van der Waals surface area contributed by atoms with E-state index in [9.17, 15) is 0 Å². The molecule has 1 unspecified atom stereocenters. The summed E-state index contributed by atoms with van der Waals surface area (Å²) >= 11 is 12.7. The molecular weight excluding hydrogens is 309 g/mol. The third kappa shape index (κ3) is 3.37. The highest BCUT2D eigenvalue weighted by atomic mass is 35.5. The molecule has 0 saturated carbocycles. The lowest BCUT2D eigenvalue weighted by Gasteiger charge is -2.20. The summed E-state index contributed by atoms with van der Waals surface area (Å²) in [6.07, 6.45) is 2.53. The largest absolute Gasteiger partial charge is 0.495 e. The molecule has 1 aromatic carbocycles. The molecule has 5 heteroatoms. The van der Waals surface area contributed by atoms with Crippen LogP contribution < -0.4 is 10.1 Å². The molecule has 3 nitrogen and oxygen atoms in total. The molecule has 0 aliphatic heterocycles. The van der Waals surface area contributed by atoms with Crippen molar-refractivity contribution in [1.29, 1.82) is 0 Å². The molecule has 0 fully saturated rings. The van der Waals surface area contributed by atoms with Crippen molar-refractivity contribution in [3.63, 3.8) is 0 Å². The van der Waals surface area contributed by atoms with E-state index in [-0.39, 0.29) is 6.04 Å².